The van der Waals surface area contributed by atoms with E-state index in [0.29, 0.717) is 12.2 Å². The summed E-state index contributed by atoms with van der Waals surface area (Å²) >= 11 is 0. The Kier molecular flexibility index (Phi) is 4.90. The number of amides is 1. The second-order valence-electron chi connectivity index (χ2n) is 4.59. The summed E-state index contributed by atoms with van der Waals surface area (Å²) in [5.74, 6) is -0.576. The monoisotopic (exact) mass is 288 g/mol. The quantitative estimate of drug-likeness (QED) is 0.888. The third-order valence-corrected chi connectivity index (χ3v) is 3.06. The lowest BCUT2D eigenvalue weighted by molar-refractivity contribution is -0.115. The molecule has 5 heteroatoms. The first-order chi connectivity index (χ1) is 10.1. The van der Waals surface area contributed by atoms with Gasteiger partial charge in [0.15, 0.2) is 11.6 Å². The zero-order valence-electron chi connectivity index (χ0n) is 11.7. The van der Waals surface area contributed by atoms with Gasteiger partial charge in [0.05, 0.1) is 13.5 Å². The molecule has 2 rings (SSSR count). The molecule has 0 radical (unpaired) electrons. The van der Waals surface area contributed by atoms with Gasteiger partial charge in [-0.25, -0.2) is 4.39 Å². The molecule has 0 aliphatic heterocycles. The van der Waals surface area contributed by atoms with Gasteiger partial charge in [-0.2, -0.15) is 0 Å². The molecule has 0 heterocycles. The molecule has 0 aromatic heterocycles. The molecule has 0 atom stereocenters. The van der Waals surface area contributed by atoms with Crippen molar-refractivity contribution in [2.75, 3.05) is 12.4 Å². The fraction of sp³-hybridized carbons (Fsp3) is 0.188. The SMILES string of the molecule is COc1ccc(NC(=O)Cc2ccc(CN)cc2)cc1F. The zero-order chi connectivity index (χ0) is 15.2. The van der Waals surface area contributed by atoms with Gasteiger partial charge in [-0.3, -0.25) is 4.79 Å². The van der Waals surface area contributed by atoms with Gasteiger partial charge in [-0.1, -0.05) is 24.3 Å². The first-order valence-electron chi connectivity index (χ1n) is 6.53. The van der Waals surface area contributed by atoms with Crippen LogP contribution in [0.1, 0.15) is 11.1 Å². The van der Waals surface area contributed by atoms with Crippen LogP contribution >= 0.6 is 0 Å². The average Bonchev–Trinajstić information content (AvgIpc) is 2.48. The molecule has 0 fully saturated rings. The summed E-state index contributed by atoms with van der Waals surface area (Å²) in [4.78, 5) is 11.9. The van der Waals surface area contributed by atoms with Gasteiger partial charge in [0.25, 0.3) is 0 Å². The fourth-order valence-corrected chi connectivity index (χ4v) is 1.93. The molecule has 3 N–H and O–H groups in total. The van der Waals surface area contributed by atoms with Crippen LogP contribution in [0.25, 0.3) is 0 Å². The van der Waals surface area contributed by atoms with Crippen molar-refractivity contribution in [3.8, 4) is 5.75 Å². The summed E-state index contributed by atoms with van der Waals surface area (Å²) < 4.78 is 18.3. The molecule has 0 spiro atoms. The Morgan fingerprint density at radius 1 is 1.19 bits per heavy atom. The van der Waals surface area contributed by atoms with E-state index in [4.69, 9.17) is 10.5 Å². The number of ether oxygens (including phenoxy) is 1. The van der Waals surface area contributed by atoms with Crippen LogP contribution < -0.4 is 15.8 Å². The minimum Gasteiger partial charge on any atom is -0.494 e. The third-order valence-electron chi connectivity index (χ3n) is 3.06. The highest BCUT2D eigenvalue weighted by Crippen LogP contribution is 2.20. The van der Waals surface area contributed by atoms with E-state index in [0.717, 1.165) is 11.1 Å². The lowest BCUT2D eigenvalue weighted by atomic mass is 10.1. The molecule has 1 amide bonds. The van der Waals surface area contributed by atoms with Crippen LogP contribution in [-0.4, -0.2) is 13.0 Å². The fourth-order valence-electron chi connectivity index (χ4n) is 1.93. The number of hydrogen-bond donors (Lipinski definition) is 2. The Labute approximate surface area is 122 Å². The smallest absolute Gasteiger partial charge is 0.228 e. The van der Waals surface area contributed by atoms with Crippen molar-refractivity contribution in [2.24, 2.45) is 5.73 Å². The molecular weight excluding hydrogens is 271 g/mol. The first kappa shape index (κ1) is 15.0. The van der Waals surface area contributed by atoms with E-state index in [2.05, 4.69) is 5.32 Å². The number of methoxy groups -OCH3 is 1. The van der Waals surface area contributed by atoms with E-state index in [9.17, 15) is 9.18 Å². The Balaban J connectivity index is 1.99. The number of carbonyl (C=O) groups excluding carboxylic acids is 1. The largest absolute Gasteiger partial charge is 0.494 e. The molecule has 4 nitrogen and oxygen atoms in total. The normalized spacial score (nSPS) is 10.2. The van der Waals surface area contributed by atoms with E-state index in [-0.39, 0.29) is 18.1 Å². The second-order valence-corrected chi connectivity index (χ2v) is 4.59. The number of benzene rings is 2. The molecule has 0 saturated heterocycles. The van der Waals surface area contributed by atoms with Crippen molar-refractivity contribution in [1.82, 2.24) is 0 Å². The highest BCUT2D eigenvalue weighted by atomic mass is 19.1. The van der Waals surface area contributed by atoms with Crippen molar-refractivity contribution in [1.29, 1.82) is 0 Å². The Hall–Kier alpha value is -2.40. The molecule has 2 aromatic carbocycles. The topological polar surface area (TPSA) is 64.3 Å². The lowest BCUT2D eigenvalue weighted by Crippen LogP contribution is -2.14. The van der Waals surface area contributed by atoms with E-state index in [1.165, 1.54) is 19.2 Å². The summed E-state index contributed by atoms with van der Waals surface area (Å²) in [5.41, 5.74) is 7.80. The number of carbonyl (C=O) groups is 1. The van der Waals surface area contributed by atoms with Crippen LogP contribution in [0.3, 0.4) is 0 Å². The van der Waals surface area contributed by atoms with Gasteiger partial charge in [-0.05, 0) is 23.3 Å². The van der Waals surface area contributed by atoms with Gasteiger partial charge >= 0.3 is 0 Å². The first-order valence-corrected chi connectivity index (χ1v) is 6.53. The molecule has 0 unspecified atom stereocenters. The van der Waals surface area contributed by atoms with E-state index >= 15 is 0 Å². The van der Waals surface area contributed by atoms with E-state index in [1.807, 2.05) is 24.3 Å². The molecule has 0 aliphatic rings. The van der Waals surface area contributed by atoms with Crippen molar-refractivity contribution in [3.63, 3.8) is 0 Å². The predicted octanol–water partition coefficient (Wildman–Crippen LogP) is 2.47. The third kappa shape index (κ3) is 4.03. The van der Waals surface area contributed by atoms with Gasteiger partial charge in [0.1, 0.15) is 0 Å². The predicted molar refractivity (Wildman–Crippen MR) is 79.6 cm³/mol. The van der Waals surface area contributed by atoms with Gasteiger partial charge in [0.2, 0.25) is 5.91 Å². The van der Waals surface area contributed by atoms with E-state index < -0.39 is 5.82 Å². The summed E-state index contributed by atoms with van der Waals surface area (Å²) in [6, 6.07) is 11.8. The summed E-state index contributed by atoms with van der Waals surface area (Å²) in [5, 5.41) is 2.65. The van der Waals surface area contributed by atoms with Gasteiger partial charge in [0, 0.05) is 18.3 Å². The summed E-state index contributed by atoms with van der Waals surface area (Å²) in [6.07, 6.45) is 0.221. The van der Waals surface area contributed by atoms with Crippen molar-refractivity contribution < 1.29 is 13.9 Å². The van der Waals surface area contributed by atoms with Gasteiger partial charge in [-0.15, -0.1) is 0 Å². The molecule has 21 heavy (non-hydrogen) atoms. The average molecular weight is 288 g/mol. The van der Waals surface area contributed by atoms with Crippen LogP contribution in [0.4, 0.5) is 10.1 Å². The van der Waals surface area contributed by atoms with Crippen LogP contribution in [0.5, 0.6) is 5.75 Å². The second kappa shape index (κ2) is 6.85. The van der Waals surface area contributed by atoms with E-state index in [1.54, 1.807) is 6.07 Å². The maximum Gasteiger partial charge on any atom is 0.228 e. The Bertz CT molecular complexity index is 627. The lowest BCUT2D eigenvalue weighted by Gasteiger charge is -2.08. The highest BCUT2D eigenvalue weighted by molar-refractivity contribution is 5.92. The van der Waals surface area contributed by atoms with Crippen molar-refractivity contribution in [2.45, 2.75) is 13.0 Å². The summed E-state index contributed by atoms with van der Waals surface area (Å²) in [6.45, 7) is 0.470. The number of halogens is 1. The van der Waals surface area contributed by atoms with Gasteiger partial charge < -0.3 is 15.8 Å². The number of nitrogens with two attached hydrogens (primary N) is 1. The molecule has 2 aromatic rings. The minimum atomic E-state index is -0.511. The highest BCUT2D eigenvalue weighted by Gasteiger charge is 2.07. The maximum atomic E-state index is 13.5. The maximum absolute atomic E-state index is 13.5. The van der Waals surface area contributed by atoms with Crippen LogP contribution in [0, 0.1) is 5.82 Å². The van der Waals surface area contributed by atoms with Crippen molar-refractivity contribution in [3.05, 3.63) is 59.4 Å². The molecule has 0 saturated carbocycles. The van der Waals surface area contributed by atoms with Crippen molar-refractivity contribution >= 4 is 11.6 Å². The summed E-state index contributed by atoms with van der Waals surface area (Å²) in [7, 11) is 1.39. The van der Waals surface area contributed by atoms with Crippen LogP contribution in [0.2, 0.25) is 0 Å². The minimum absolute atomic E-state index is 0.144. The number of anilines is 1. The number of nitrogens with one attached hydrogen (secondary N) is 1. The van der Waals surface area contributed by atoms with Crippen LogP contribution in [-0.2, 0) is 17.8 Å². The zero-order valence-corrected chi connectivity index (χ0v) is 11.7. The Morgan fingerprint density at radius 3 is 2.43 bits per heavy atom. The molecule has 0 aliphatic carbocycles. The molecular formula is C16H17FN2O2. The molecule has 110 valence electrons. The molecule has 0 bridgehead atoms. The standard InChI is InChI=1S/C16H17FN2O2/c1-21-15-7-6-13(9-14(15)17)19-16(20)8-11-2-4-12(10-18)5-3-11/h2-7,9H,8,10,18H2,1H3,(H,19,20). The number of rotatable bonds is 5. The van der Waals surface area contributed by atoms with Crippen LogP contribution in [0.15, 0.2) is 42.5 Å². The Morgan fingerprint density at radius 2 is 1.86 bits per heavy atom. The number of hydrogen-bond acceptors (Lipinski definition) is 3.